The number of amides is 1. The number of pyridine rings is 1. The first-order valence-corrected chi connectivity index (χ1v) is 12.4. The monoisotopic (exact) mass is 486 g/mol. The first kappa shape index (κ1) is 24.5. The van der Waals surface area contributed by atoms with Crippen molar-refractivity contribution in [3.8, 4) is 17.2 Å². The van der Waals surface area contributed by atoms with Crippen LogP contribution in [0.15, 0.2) is 72.0 Å². The highest BCUT2D eigenvalue weighted by atomic mass is 32.2. The van der Waals surface area contributed by atoms with E-state index in [1.807, 2.05) is 43.9 Å². The van der Waals surface area contributed by atoms with Crippen LogP contribution in [-0.2, 0) is 11.3 Å². The molecule has 1 amide bonds. The number of rotatable bonds is 8. The van der Waals surface area contributed by atoms with E-state index in [1.165, 1.54) is 17.3 Å². The number of hydrogen-bond donors (Lipinski definition) is 0. The predicted octanol–water partition coefficient (Wildman–Crippen LogP) is 4.76. The summed E-state index contributed by atoms with van der Waals surface area (Å²) in [4.78, 5) is 21.2. The Kier molecular flexibility index (Phi) is 7.51. The Morgan fingerprint density at radius 3 is 2.40 bits per heavy atom. The molecular formula is C27H30N6OS. The zero-order chi connectivity index (χ0) is 24.9. The summed E-state index contributed by atoms with van der Waals surface area (Å²) >= 11 is 1.39. The molecule has 0 aliphatic heterocycles. The summed E-state index contributed by atoms with van der Waals surface area (Å²) in [5.74, 6) is 0.945. The second kappa shape index (κ2) is 10.7. The van der Waals surface area contributed by atoms with Crippen molar-refractivity contribution in [2.45, 2.75) is 25.5 Å². The number of carbonyl (C=O) groups excluding carboxylic acids is 1. The number of carbonyl (C=O) groups is 1. The predicted molar refractivity (Wildman–Crippen MR) is 142 cm³/mol. The van der Waals surface area contributed by atoms with E-state index in [4.69, 9.17) is 0 Å². The minimum absolute atomic E-state index is 0.0289. The fourth-order valence-corrected chi connectivity index (χ4v) is 4.68. The molecule has 4 aromatic rings. The molecule has 8 heteroatoms. The smallest absolute Gasteiger partial charge is 0.233 e. The van der Waals surface area contributed by atoms with Crippen molar-refractivity contribution >= 4 is 23.4 Å². The van der Waals surface area contributed by atoms with Gasteiger partial charge in [-0.15, -0.1) is 10.2 Å². The molecule has 180 valence electrons. The lowest BCUT2D eigenvalue weighted by atomic mass is 10.1. The van der Waals surface area contributed by atoms with E-state index in [1.54, 1.807) is 11.1 Å². The minimum atomic E-state index is 0.0289. The molecule has 0 saturated carbocycles. The largest absolute Gasteiger partial charge is 0.378 e. The van der Waals surface area contributed by atoms with Crippen LogP contribution in [0.2, 0.25) is 0 Å². The van der Waals surface area contributed by atoms with E-state index in [0.29, 0.717) is 17.5 Å². The Hall–Kier alpha value is -3.65. The van der Waals surface area contributed by atoms with E-state index >= 15 is 0 Å². The van der Waals surface area contributed by atoms with Gasteiger partial charge in [0, 0.05) is 39.6 Å². The van der Waals surface area contributed by atoms with Crippen molar-refractivity contribution in [3.63, 3.8) is 0 Å². The van der Waals surface area contributed by atoms with Crippen LogP contribution in [0.25, 0.3) is 17.2 Å². The van der Waals surface area contributed by atoms with Crippen LogP contribution in [0.1, 0.15) is 16.7 Å². The Morgan fingerprint density at radius 1 is 0.971 bits per heavy atom. The number of thioether (sulfide) groups is 1. The van der Waals surface area contributed by atoms with Crippen molar-refractivity contribution in [2.24, 2.45) is 0 Å². The van der Waals surface area contributed by atoms with Gasteiger partial charge in [0.2, 0.25) is 5.91 Å². The van der Waals surface area contributed by atoms with Crippen molar-refractivity contribution in [2.75, 3.05) is 31.8 Å². The first-order valence-electron chi connectivity index (χ1n) is 11.4. The van der Waals surface area contributed by atoms with Gasteiger partial charge in [-0.3, -0.25) is 14.3 Å². The molecule has 2 aromatic heterocycles. The number of aromatic nitrogens is 4. The Bertz CT molecular complexity index is 1300. The highest BCUT2D eigenvalue weighted by Crippen LogP contribution is 2.29. The summed E-state index contributed by atoms with van der Waals surface area (Å²) in [6.07, 6.45) is 1.74. The quantitative estimate of drug-likeness (QED) is 0.335. The van der Waals surface area contributed by atoms with Crippen LogP contribution < -0.4 is 4.90 Å². The molecule has 0 bridgehead atoms. The van der Waals surface area contributed by atoms with Crippen molar-refractivity contribution < 1.29 is 4.79 Å². The topological polar surface area (TPSA) is 67.2 Å². The molecule has 0 saturated heterocycles. The molecule has 7 nitrogen and oxygen atoms in total. The SMILES string of the molecule is Cc1ccc(-n2c(SCC(=O)N(C)Cc3ccc(N(C)C)cc3)nnc2-c2ccccn2)c(C)c1. The molecular weight excluding hydrogens is 456 g/mol. The molecule has 0 radical (unpaired) electrons. The van der Waals surface area contributed by atoms with Crippen LogP contribution in [0.3, 0.4) is 0 Å². The van der Waals surface area contributed by atoms with Gasteiger partial charge in [-0.25, -0.2) is 0 Å². The van der Waals surface area contributed by atoms with Gasteiger partial charge in [-0.2, -0.15) is 0 Å². The highest BCUT2D eigenvalue weighted by Gasteiger charge is 2.20. The Labute approximate surface area is 210 Å². The van der Waals surface area contributed by atoms with E-state index in [0.717, 1.165) is 28.2 Å². The van der Waals surface area contributed by atoms with Gasteiger partial charge in [-0.1, -0.05) is 47.7 Å². The lowest BCUT2D eigenvalue weighted by molar-refractivity contribution is -0.127. The second-order valence-electron chi connectivity index (χ2n) is 8.75. The first-order chi connectivity index (χ1) is 16.8. The maximum Gasteiger partial charge on any atom is 0.233 e. The van der Waals surface area contributed by atoms with Crippen molar-refractivity contribution in [1.29, 1.82) is 0 Å². The van der Waals surface area contributed by atoms with Gasteiger partial charge in [0.1, 0.15) is 5.69 Å². The Balaban J connectivity index is 1.54. The Morgan fingerprint density at radius 2 is 1.74 bits per heavy atom. The molecule has 2 heterocycles. The van der Waals surface area contributed by atoms with E-state index in [-0.39, 0.29) is 11.7 Å². The van der Waals surface area contributed by atoms with Gasteiger partial charge in [0.05, 0.1) is 11.4 Å². The molecule has 2 aromatic carbocycles. The molecule has 0 atom stereocenters. The molecule has 0 aliphatic rings. The van der Waals surface area contributed by atoms with E-state index < -0.39 is 0 Å². The van der Waals surface area contributed by atoms with Gasteiger partial charge < -0.3 is 9.80 Å². The molecule has 0 unspecified atom stereocenters. The number of aryl methyl sites for hydroxylation is 2. The molecule has 0 N–H and O–H groups in total. The van der Waals surface area contributed by atoms with Crippen LogP contribution in [0.5, 0.6) is 0 Å². The average Bonchev–Trinajstić information content (AvgIpc) is 3.27. The van der Waals surface area contributed by atoms with Gasteiger partial charge in [0.15, 0.2) is 11.0 Å². The lowest BCUT2D eigenvalue weighted by Crippen LogP contribution is -2.28. The van der Waals surface area contributed by atoms with Crippen molar-refractivity contribution in [3.05, 3.63) is 83.6 Å². The third-order valence-corrected chi connectivity index (χ3v) is 6.66. The number of hydrogen-bond acceptors (Lipinski definition) is 6. The molecule has 4 rings (SSSR count). The van der Waals surface area contributed by atoms with Gasteiger partial charge in [-0.05, 0) is 55.3 Å². The summed E-state index contributed by atoms with van der Waals surface area (Å²) in [6.45, 7) is 4.69. The zero-order valence-corrected chi connectivity index (χ0v) is 21.6. The maximum atomic E-state index is 13.0. The summed E-state index contributed by atoms with van der Waals surface area (Å²) < 4.78 is 2.00. The number of nitrogens with zero attached hydrogens (tertiary/aromatic N) is 6. The summed E-state index contributed by atoms with van der Waals surface area (Å²) in [6, 6.07) is 20.2. The average molecular weight is 487 g/mol. The summed E-state index contributed by atoms with van der Waals surface area (Å²) in [5.41, 5.74) is 6.22. The standard InChI is InChI=1S/C27H30N6OS/c1-19-9-14-24(20(2)16-19)33-26(23-8-6-7-15-28-23)29-30-27(33)35-18-25(34)32(5)17-21-10-12-22(13-11-21)31(3)4/h6-16H,17-18H2,1-5H3. The van der Waals surface area contributed by atoms with Crippen LogP contribution in [0.4, 0.5) is 5.69 Å². The lowest BCUT2D eigenvalue weighted by Gasteiger charge is -2.18. The maximum absolute atomic E-state index is 13.0. The molecule has 0 fully saturated rings. The van der Waals surface area contributed by atoms with Crippen LogP contribution in [-0.4, -0.2) is 57.5 Å². The number of benzene rings is 2. The molecule has 0 aliphatic carbocycles. The van der Waals surface area contributed by atoms with Crippen molar-refractivity contribution in [1.82, 2.24) is 24.6 Å². The zero-order valence-electron chi connectivity index (χ0n) is 20.8. The van der Waals surface area contributed by atoms with E-state index in [2.05, 4.69) is 76.4 Å². The number of anilines is 1. The molecule has 35 heavy (non-hydrogen) atoms. The third-order valence-electron chi connectivity index (χ3n) is 5.74. The molecule has 0 spiro atoms. The fraction of sp³-hybridized carbons (Fsp3) is 0.259. The highest BCUT2D eigenvalue weighted by molar-refractivity contribution is 7.99. The minimum Gasteiger partial charge on any atom is -0.378 e. The fourth-order valence-electron chi connectivity index (χ4n) is 3.80. The van der Waals surface area contributed by atoms with Crippen LogP contribution in [0, 0.1) is 13.8 Å². The van der Waals surface area contributed by atoms with Gasteiger partial charge in [0.25, 0.3) is 0 Å². The third kappa shape index (κ3) is 5.71. The summed E-state index contributed by atoms with van der Waals surface area (Å²) in [7, 11) is 5.85. The second-order valence-corrected chi connectivity index (χ2v) is 9.69. The van der Waals surface area contributed by atoms with Gasteiger partial charge >= 0.3 is 0 Å². The van der Waals surface area contributed by atoms with Crippen LogP contribution >= 0.6 is 11.8 Å². The van der Waals surface area contributed by atoms with E-state index in [9.17, 15) is 4.79 Å². The normalized spacial score (nSPS) is 10.9. The summed E-state index contributed by atoms with van der Waals surface area (Å²) in [5, 5.41) is 9.54.